The van der Waals surface area contributed by atoms with Crippen molar-refractivity contribution in [2.24, 2.45) is 0 Å². The molecule has 2 rings (SSSR count). The van der Waals surface area contributed by atoms with Crippen molar-refractivity contribution in [1.29, 1.82) is 0 Å². The third-order valence-corrected chi connectivity index (χ3v) is 2.46. The van der Waals surface area contributed by atoms with Crippen LogP contribution in [0.3, 0.4) is 0 Å². The zero-order chi connectivity index (χ0) is 11.8. The van der Waals surface area contributed by atoms with Gasteiger partial charge in [0, 0.05) is 11.6 Å². The Hall–Kier alpha value is -1.75. The quantitative estimate of drug-likeness (QED) is 0.717. The van der Waals surface area contributed by atoms with Gasteiger partial charge in [-0.1, -0.05) is 0 Å². The molecular formula is C11H12O5. The molecule has 1 aromatic carbocycles. The number of hydrogen-bond acceptors (Lipinski definition) is 5. The molecule has 0 saturated carbocycles. The van der Waals surface area contributed by atoms with Gasteiger partial charge in [0.25, 0.3) is 0 Å². The lowest BCUT2D eigenvalue weighted by Crippen LogP contribution is -2.38. The van der Waals surface area contributed by atoms with Crippen molar-refractivity contribution in [3.63, 3.8) is 0 Å². The summed E-state index contributed by atoms with van der Waals surface area (Å²) in [6, 6.07) is 4.19. The molecule has 16 heavy (non-hydrogen) atoms. The summed E-state index contributed by atoms with van der Waals surface area (Å²) < 4.78 is 9.94. The number of benzene rings is 1. The maximum absolute atomic E-state index is 11.6. The Morgan fingerprint density at radius 1 is 1.62 bits per heavy atom. The van der Waals surface area contributed by atoms with E-state index < -0.39 is 11.6 Å². The highest BCUT2D eigenvalue weighted by Gasteiger charge is 2.47. The lowest BCUT2D eigenvalue weighted by molar-refractivity contribution is -0.167. The van der Waals surface area contributed by atoms with Crippen molar-refractivity contribution in [3.8, 4) is 11.5 Å². The van der Waals surface area contributed by atoms with Gasteiger partial charge in [0.15, 0.2) is 0 Å². The fraction of sp³-hybridized carbons (Fsp3) is 0.364. The van der Waals surface area contributed by atoms with E-state index >= 15 is 0 Å². The van der Waals surface area contributed by atoms with Gasteiger partial charge in [0.1, 0.15) is 18.1 Å². The molecule has 5 heteroatoms. The van der Waals surface area contributed by atoms with E-state index in [1.807, 2.05) is 0 Å². The predicted molar refractivity (Wildman–Crippen MR) is 54.1 cm³/mol. The van der Waals surface area contributed by atoms with Crippen LogP contribution in [0, 0.1) is 0 Å². The molecule has 0 saturated heterocycles. The van der Waals surface area contributed by atoms with E-state index in [1.165, 1.54) is 18.2 Å². The third kappa shape index (κ3) is 1.49. The molecule has 1 atom stereocenters. The second-order valence-corrected chi connectivity index (χ2v) is 3.55. The molecule has 0 fully saturated rings. The minimum absolute atomic E-state index is 0.0202. The Morgan fingerprint density at radius 2 is 2.38 bits per heavy atom. The number of carbonyl (C=O) groups excluding carboxylic acids is 1. The summed E-state index contributed by atoms with van der Waals surface area (Å²) in [6.45, 7) is 1.66. The van der Waals surface area contributed by atoms with E-state index in [4.69, 9.17) is 9.47 Å². The first kappa shape index (κ1) is 10.8. The summed E-state index contributed by atoms with van der Waals surface area (Å²) in [5.41, 5.74) is -1.44. The minimum atomic E-state index is -1.76. The predicted octanol–water partition coefficient (Wildman–Crippen LogP) is 0.535. The Morgan fingerprint density at radius 3 is 3.06 bits per heavy atom. The van der Waals surface area contributed by atoms with E-state index in [1.54, 1.807) is 6.92 Å². The zero-order valence-corrected chi connectivity index (χ0v) is 8.77. The lowest BCUT2D eigenvalue weighted by Gasteiger charge is -2.18. The van der Waals surface area contributed by atoms with Gasteiger partial charge in [-0.2, -0.15) is 0 Å². The Kier molecular flexibility index (Phi) is 2.47. The van der Waals surface area contributed by atoms with Crippen molar-refractivity contribution in [2.75, 3.05) is 13.2 Å². The zero-order valence-electron chi connectivity index (χ0n) is 8.77. The Labute approximate surface area is 92.2 Å². The molecular weight excluding hydrogens is 212 g/mol. The van der Waals surface area contributed by atoms with Crippen LogP contribution in [0.25, 0.3) is 0 Å². The Bertz CT molecular complexity index is 428. The number of carbonyl (C=O) groups is 1. The Balaban J connectivity index is 2.38. The molecule has 0 bridgehead atoms. The molecule has 1 unspecified atom stereocenters. The standard InChI is InChI=1S/C11H12O5/c1-2-15-10(13)11(14)6-16-9-5-7(12)3-4-8(9)11/h3-5,12,14H,2,6H2,1H3. The first-order valence-electron chi connectivity index (χ1n) is 4.94. The summed E-state index contributed by atoms with van der Waals surface area (Å²) in [4.78, 5) is 11.6. The second-order valence-electron chi connectivity index (χ2n) is 3.55. The topological polar surface area (TPSA) is 76.0 Å². The average molecular weight is 224 g/mol. The van der Waals surface area contributed by atoms with E-state index in [0.29, 0.717) is 11.3 Å². The van der Waals surface area contributed by atoms with Gasteiger partial charge in [0.05, 0.1) is 6.61 Å². The van der Waals surface area contributed by atoms with Gasteiger partial charge < -0.3 is 19.7 Å². The molecule has 1 aliphatic heterocycles. The van der Waals surface area contributed by atoms with Gasteiger partial charge >= 0.3 is 5.97 Å². The molecule has 0 aromatic heterocycles. The van der Waals surface area contributed by atoms with Crippen LogP contribution in [-0.4, -0.2) is 29.4 Å². The van der Waals surface area contributed by atoms with E-state index in [9.17, 15) is 15.0 Å². The number of aromatic hydroxyl groups is 1. The van der Waals surface area contributed by atoms with Gasteiger partial charge in [-0.05, 0) is 19.1 Å². The van der Waals surface area contributed by atoms with Crippen molar-refractivity contribution >= 4 is 5.97 Å². The molecule has 86 valence electrons. The lowest BCUT2D eigenvalue weighted by atomic mass is 9.96. The maximum atomic E-state index is 11.6. The number of rotatable bonds is 2. The second kappa shape index (κ2) is 3.68. The maximum Gasteiger partial charge on any atom is 0.346 e. The minimum Gasteiger partial charge on any atom is -0.508 e. The number of aliphatic hydroxyl groups is 1. The van der Waals surface area contributed by atoms with Gasteiger partial charge in [-0.25, -0.2) is 4.79 Å². The van der Waals surface area contributed by atoms with E-state index in [2.05, 4.69) is 0 Å². The van der Waals surface area contributed by atoms with Crippen LogP contribution in [0.5, 0.6) is 11.5 Å². The largest absolute Gasteiger partial charge is 0.508 e. The normalized spacial score (nSPS) is 22.4. The molecule has 2 N–H and O–H groups in total. The number of ether oxygens (including phenoxy) is 2. The van der Waals surface area contributed by atoms with Crippen LogP contribution in [0.15, 0.2) is 18.2 Å². The summed E-state index contributed by atoms with van der Waals surface area (Å²) in [7, 11) is 0. The van der Waals surface area contributed by atoms with Crippen LogP contribution < -0.4 is 4.74 Å². The average Bonchev–Trinajstić information content (AvgIpc) is 2.58. The van der Waals surface area contributed by atoms with Crippen LogP contribution in [-0.2, 0) is 15.1 Å². The SMILES string of the molecule is CCOC(=O)C1(O)COc2cc(O)ccc21. The number of phenolic OH excluding ortho intramolecular Hbond substituents is 1. The van der Waals surface area contributed by atoms with Crippen LogP contribution in [0.2, 0.25) is 0 Å². The van der Waals surface area contributed by atoms with Crippen molar-refractivity contribution < 1.29 is 24.5 Å². The van der Waals surface area contributed by atoms with Gasteiger partial charge in [-0.3, -0.25) is 0 Å². The fourth-order valence-electron chi connectivity index (χ4n) is 1.65. The van der Waals surface area contributed by atoms with Gasteiger partial charge in [0.2, 0.25) is 5.60 Å². The van der Waals surface area contributed by atoms with E-state index in [0.717, 1.165) is 0 Å². The molecule has 1 aromatic rings. The first-order chi connectivity index (χ1) is 7.58. The highest BCUT2D eigenvalue weighted by molar-refractivity contribution is 5.83. The molecule has 5 nitrogen and oxygen atoms in total. The highest BCUT2D eigenvalue weighted by atomic mass is 16.6. The summed E-state index contributed by atoms with van der Waals surface area (Å²) in [6.07, 6.45) is 0. The van der Waals surface area contributed by atoms with Crippen LogP contribution in [0.4, 0.5) is 0 Å². The summed E-state index contributed by atoms with van der Waals surface area (Å²) >= 11 is 0. The third-order valence-electron chi connectivity index (χ3n) is 2.46. The van der Waals surface area contributed by atoms with Crippen molar-refractivity contribution in [3.05, 3.63) is 23.8 Å². The molecule has 0 spiro atoms. The van der Waals surface area contributed by atoms with Crippen LogP contribution in [0.1, 0.15) is 12.5 Å². The van der Waals surface area contributed by atoms with Crippen molar-refractivity contribution in [1.82, 2.24) is 0 Å². The van der Waals surface area contributed by atoms with E-state index in [-0.39, 0.29) is 19.0 Å². The van der Waals surface area contributed by atoms with Crippen LogP contribution >= 0.6 is 0 Å². The number of phenols is 1. The molecule has 1 aliphatic rings. The number of esters is 1. The summed E-state index contributed by atoms with van der Waals surface area (Å²) in [5, 5.41) is 19.4. The summed E-state index contributed by atoms with van der Waals surface area (Å²) in [5.74, 6) is -0.415. The van der Waals surface area contributed by atoms with Crippen molar-refractivity contribution in [2.45, 2.75) is 12.5 Å². The molecule has 0 radical (unpaired) electrons. The highest BCUT2D eigenvalue weighted by Crippen LogP contribution is 2.39. The monoisotopic (exact) mass is 224 g/mol. The fourth-order valence-corrected chi connectivity index (χ4v) is 1.65. The molecule has 1 heterocycles. The molecule has 0 amide bonds. The number of hydrogen-bond donors (Lipinski definition) is 2. The van der Waals surface area contributed by atoms with Gasteiger partial charge in [-0.15, -0.1) is 0 Å². The first-order valence-corrected chi connectivity index (χ1v) is 4.94. The molecule has 0 aliphatic carbocycles. The smallest absolute Gasteiger partial charge is 0.346 e. The number of fused-ring (bicyclic) bond motifs is 1.